The third kappa shape index (κ3) is 7.85. The van der Waals surface area contributed by atoms with E-state index in [0.717, 1.165) is 6.42 Å². The van der Waals surface area contributed by atoms with E-state index in [1.165, 1.54) is 36.4 Å². The number of nitrogens with one attached hydrogen (secondary N) is 1. The van der Waals surface area contributed by atoms with Crippen molar-refractivity contribution in [2.75, 3.05) is 20.7 Å². The topological polar surface area (TPSA) is 111 Å². The van der Waals surface area contributed by atoms with Crippen molar-refractivity contribution in [1.29, 1.82) is 0 Å². The standard InChI is InChI=1S/C36H41N3O6/c1-23(20-31(27-14-9-7-10-15-27)28-16-11-8-12-17-28)38(5)22-24(2)45-36(41)33-26(4)37-25(3)32(35(40)44-6)34(33)29-18-13-19-30(21-29)39(42)43/h7-19,21,23-24,31,34,37H,20,22H2,1-6H3. The van der Waals surface area contributed by atoms with Crippen molar-refractivity contribution in [1.82, 2.24) is 10.2 Å². The van der Waals surface area contributed by atoms with Crippen LogP contribution in [0.3, 0.4) is 0 Å². The number of carbonyl (C=O) groups is 2. The molecule has 1 aliphatic rings. The van der Waals surface area contributed by atoms with E-state index in [0.29, 0.717) is 23.5 Å². The average molecular weight is 612 g/mol. The highest BCUT2D eigenvalue weighted by atomic mass is 16.6. The fourth-order valence-corrected chi connectivity index (χ4v) is 6.02. The molecule has 1 heterocycles. The number of methoxy groups -OCH3 is 1. The number of non-ortho nitro benzene ring substituents is 1. The van der Waals surface area contributed by atoms with Crippen molar-refractivity contribution in [2.45, 2.75) is 58.1 Å². The Labute approximate surface area is 264 Å². The lowest BCUT2D eigenvalue weighted by atomic mass is 9.80. The lowest BCUT2D eigenvalue weighted by molar-refractivity contribution is -0.384. The van der Waals surface area contributed by atoms with E-state index in [2.05, 4.69) is 65.7 Å². The summed E-state index contributed by atoms with van der Waals surface area (Å²) in [4.78, 5) is 40.0. The second-order valence-corrected chi connectivity index (χ2v) is 11.6. The van der Waals surface area contributed by atoms with E-state index in [1.807, 2.05) is 26.1 Å². The number of benzene rings is 3. The van der Waals surface area contributed by atoms with Gasteiger partial charge in [0.1, 0.15) is 6.10 Å². The molecule has 236 valence electrons. The van der Waals surface area contributed by atoms with Gasteiger partial charge in [-0.3, -0.25) is 15.0 Å². The maximum Gasteiger partial charge on any atom is 0.337 e. The Morgan fingerprint density at radius 3 is 1.98 bits per heavy atom. The van der Waals surface area contributed by atoms with E-state index < -0.39 is 28.9 Å². The summed E-state index contributed by atoms with van der Waals surface area (Å²) in [7, 11) is 3.28. The van der Waals surface area contributed by atoms with Gasteiger partial charge in [0.05, 0.1) is 29.1 Å². The predicted molar refractivity (Wildman–Crippen MR) is 173 cm³/mol. The number of carbonyl (C=O) groups excluding carboxylic acids is 2. The Morgan fingerprint density at radius 2 is 1.44 bits per heavy atom. The molecule has 0 aliphatic carbocycles. The van der Waals surface area contributed by atoms with Crippen molar-refractivity contribution in [3.05, 3.63) is 134 Å². The molecular weight excluding hydrogens is 570 g/mol. The average Bonchev–Trinajstić information content (AvgIpc) is 3.03. The van der Waals surface area contributed by atoms with Crippen LogP contribution in [0, 0.1) is 10.1 Å². The maximum absolute atomic E-state index is 13.8. The highest BCUT2D eigenvalue weighted by Crippen LogP contribution is 2.40. The van der Waals surface area contributed by atoms with Crippen LogP contribution in [0.25, 0.3) is 0 Å². The second-order valence-electron chi connectivity index (χ2n) is 11.6. The van der Waals surface area contributed by atoms with Gasteiger partial charge in [-0.1, -0.05) is 72.8 Å². The van der Waals surface area contributed by atoms with Crippen LogP contribution < -0.4 is 5.32 Å². The smallest absolute Gasteiger partial charge is 0.337 e. The third-order valence-electron chi connectivity index (χ3n) is 8.39. The first-order valence-electron chi connectivity index (χ1n) is 15.0. The lowest BCUT2D eigenvalue weighted by Crippen LogP contribution is -2.39. The van der Waals surface area contributed by atoms with Crippen molar-refractivity contribution >= 4 is 17.6 Å². The second kappa shape index (κ2) is 14.8. The van der Waals surface area contributed by atoms with Crippen LogP contribution in [0.15, 0.2) is 107 Å². The zero-order valence-corrected chi connectivity index (χ0v) is 26.7. The van der Waals surface area contributed by atoms with Gasteiger partial charge in [0.2, 0.25) is 0 Å². The normalized spacial score (nSPS) is 16.3. The first kappa shape index (κ1) is 33.1. The van der Waals surface area contributed by atoms with Crippen molar-refractivity contribution in [3.63, 3.8) is 0 Å². The third-order valence-corrected chi connectivity index (χ3v) is 8.39. The molecule has 0 saturated heterocycles. The Bertz CT molecular complexity index is 1550. The molecule has 4 rings (SSSR count). The largest absolute Gasteiger partial charge is 0.466 e. The molecule has 0 bridgehead atoms. The Balaban J connectivity index is 1.53. The number of nitro benzene ring substituents is 1. The van der Waals surface area contributed by atoms with Gasteiger partial charge in [-0.2, -0.15) is 0 Å². The molecule has 9 nitrogen and oxygen atoms in total. The molecule has 0 spiro atoms. The van der Waals surface area contributed by atoms with Crippen LogP contribution in [-0.4, -0.2) is 54.6 Å². The predicted octanol–water partition coefficient (Wildman–Crippen LogP) is 6.48. The molecule has 3 aromatic carbocycles. The maximum atomic E-state index is 13.8. The van der Waals surface area contributed by atoms with Crippen LogP contribution in [0.4, 0.5) is 5.69 Å². The summed E-state index contributed by atoms with van der Waals surface area (Å²) in [5, 5.41) is 14.7. The molecule has 3 unspecified atom stereocenters. The van der Waals surface area contributed by atoms with Gasteiger partial charge in [0.15, 0.2) is 0 Å². The minimum absolute atomic E-state index is 0.147. The van der Waals surface area contributed by atoms with Crippen LogP contribution in [0.5, 0.6) is 0 Å². The number of hydrogen-bond donors (Lipinski definition) is 1. The first-order valence-corrected chi connectivity index (χ1v) is 15.0. The van der Waals surface area contributed by atoms with Crippen molar-refractivity contribution in [2.24, 2.45) is 0 Å². The molecular formula is C36H41N3O6. The number of nitrogens with zero attached hydrogens (tertiary/aromatic N) is 2. The summed E-state index contributed by atoms with van der Waals surface area (Å²) in [5.74, 6) is -1.95. The van der Waals surface area contributed by atoms with E-state index in [9.17, 15) is 19.7 Å². The number of nitro groups is 1. The van der Waals surface area contributed by atoms with E-state index in [-0.39, 0.29) is 28.8 Å². The Morgan fingerprint density at radius 1 is 0.889 bits per heavy atom. The van der Waals surface area contributed by atoms with Gasteiger partial charge in [-0.15, -0.1) is 0 Å². The highest BCUT2D eigenvalue weighted by molar-refractivity contribution is 6.00. The van der Waals surface area contributed by atoms with Gasteiger partial charge in [-0.25, -0.2) is 9.59 Å². The summed E-state index contributed by atoms with van der Waals surface area (Å²) < 4.78 is 11.1. The number of ether oxygens (including phenoxy) is 2. The number of rotatable bonds is 12. The molecule has 1 N–H and O–H groups in total. The molecule has 9 heteroatoms. The zero-order valence-electron chi connectivity index (χ0n) is 26.7. The summed E-state index contributed by atoms with van der Waals surface area (Å²) in [6.07, 6.45) is 0.373. The molecule has 0 amide bonds. The van der Waals surface area contributed by atoms with Crippen LogP contribution >= 0.6 is 0 Å². The van der Waals surface area contributed by atoms with Gasteiger partial charge >= 0.3 is 11.9 Å². The minimum Gasteiger partial charge on any atom is -0.466 e. The van der Waals surface area contributed by atoms with Crippen LogP contribution in [0.1, 0.15) is 62.6 Å². The van der Waals surface area contributed by atoms with Gasteiger partial charge in [0.25, 0.3) is 5.69 Å². The summed E-state index contributed by atoms with van der Waals surface area (Å²) >= 11 is 0. The lowest BCUT2D eigenvalue weighted by Gasteiger charge is -2.32. The fourth-order valence-electron chi connectivity index (χ4n) is 6.02. The molecule has 0 aromatic heterocycles. The molecule has 3 aromatic rings. The molecule has 0 fully saturated rings. The zero-order chi connectivity index (χ0) is 32.7. The number of allylic oxidation sites excluding steroid dienone is 2. The van der Waals surface area contributed by atoms with E-state index in [1.54, 1.807) is 19.9 Å². The number of esters is 2. The fraction of sp³-hybridized carbons (Fsp3) is 0.333. The summed E-state index contributed by atoms with van der Waals surface area (Å²) in [6, 6.07) is 27.0. The van der Waals surface area contributed by atoms with E-state index >= 15 is 0 Å². The highest BCUT2D eigenvalue weighted by Gasteiger charge is 2.39. The van der Waals surface area contributed by atoms with E-state index in [4.69, 9.17) is 9.47 Å². The number of dihydropyridines is 1. The quantitative estimate of drug-likeness (QED) is 0.141. The molecule has 0 radical (unpaired) electrons. The summed E-state index contributed by atoms with van der Waals surface area (Å²) in [5.41, 5.74) is 4.17. The Hall–Kier alpha value is -4.76. The summed E-state index contributed by atoms with van der Waals surface area (Å²) in [6.45, 7) is 7.91. The van der Waals surface area contributed by atoms with Crippen molar-refractivity contribution < 1.29 is 24.0 Å². The molecule has 3 atom stereocenters. The minimum atomic E-state index is -0.910. The number of likely N-dealkylation sites (N-methyl/N-ethyl adjacent to an activating group) is 1. The SMILES string of the molecule is COC(=O)C1=C(C)NC(C)=C(C(=O)OC(C)CN(C)C(C)CC(c2ccccc2)c2ccccc2)C1c1cccc([N+](=O)[O-])c1. The van der Waals surface area contributed by atoms with Gasteiger partial charge in [-0.05, 0) is 57.9 Å². The molecule has 1 aliphatic heterocycles. The molecule has 0 saturated carbocycles. The first-order chi connectivity index (χ1) is 21.5. The van der Waals surface area contributed by atoms with Crippen LogP contribution in [-0.2, 0) is 19.1 Å². The van der Waals surface area contributed by atoms with Gasteiger partial charge in [0, 0.05) is 42.0 Å². The van der Waals surface area contributed by atoms with Gasteiger partial charge < -0.3 is 14.8 Å². The molecule has 45 heavy (non-hydrogen) atoms. The number of hydrogen-bond acceptors (Lipinski definition) is 8. The monoisotopic (exact) mass is 611 g/mol. The van der Waals surface area contributed by atoms with Crippen molar-refractivity contribution in [3.8, 4) is 0 Å². The Kier molecular flexibility index (Phi) is 10.9. The van der Waals surface area contributed by atoms with Crippen LogP contribution in [0.2, 0.25) is 0 Å².